The molecule has 1 fully saturated rings. The van der Waals surface area contributed by atoms with Crippen LogP contribution in [0.1, 0.15) is 39.5 Å². The van der Waals surface area contributed by atoms with E-state index in [4.69, 9.17) is 9.31 Å². The lowest BCUT2D eigenvalue weighted by atomic mass is 9.67. The average Bonchev–Trinajstić information content (AvgIpc) is 2.15. The average molecular weight is 170 g/mol. The van der Waals surface area contributed by atoms with Crippen LogP contribution in [0, 0.1) is 0 Å². The van der Waals surface area contributed by atoms with Gasteiger partial charge in [-0.15, -0.1) is 0 Å². The largest absolute Gasteiger partial charge is 0.460 e. The van der Waals surface area contributed by atoms with E-state index in [1.54, 1.807) is 0 Å². The summed E-state index contributed by atoms with van der Waals surface area (Å²) in [6, 6.07) is 0. The van der Waals surface area contributed by atoms with Crippen molar-refractivity contribution in [3.8, 4) is 0 Å². The Kier molecular flexibility index (Phi) is 4.70. The van der Waals surface area contributed by atoms with E-state index in [0.29, 0.717) is 5.82 Å². The molecular formula is C9H19BO2. The lowest BCUT2D eigenvalue weighted by Crippen LogP contribution is -2.34. The molecule has 1 saturated heterocycles. The molecule has 12 heavy (non-hydrogen) atoms. The molecule has 2 nitrogen and oxygen atoms in total. The third kappa shape index (κ3) is 2.79. The summed E-state index contributed by atoms with van der Waals surface area (Å²) >= 11 is 0. The zero-order valence-electron chi connectivity index (χ0n) is 8.21. The second kappa shape index (κ2) is 5.60. The Balaban J connectivity index is 2.29. The molecule has 0 aliphatic carbocycles. The van der Waals surface area contributed by atoms with E-state index in [2.05, 4.69) is 13.8 Å². The van der Waals surface area contributed by atoms with Crippen LogP contribution in [0.15, 0.2) is 0 Å². The molecule has 0 aromatic carbocycles. The summed E-state index contributed by atoms with van der Waals surface area (Å²) < 4.78 is 11.1. The van der Waals surface area contributed by atoms with Crippen molar-refractivity contribution in [3.63, 3.8) is 0 Å². The van der Waals surface area contributed by atoms with Crippen molar-refractivity contribution in [2.45, 2.75) is 45.3 Å². The molecule has 0 aromatic rings. The lowest BCUT2D eigenvalue weighted by Gasteiger charge is -2.25. The summed E-state index contributed by atoms with van der Waals surface area (Å²) in [5.74, 6) is 0.607. The number of hydrogen-bond donors (Lipinski definition) is 0. The molecular weight excluding hydrogens is 151 g/mol. The first-order valence-corrected chi connectivity index (χ1v) is 5.11. The van der Waals surface area contributed by atoms with Gasteiger partial charge in [0.2, 0.25) is 0 Å². The molecule has 0 amide bonds. The van der Waals surface area contributed by atoms with Gasteiger partial charge in [-0.1, -0.05) is 33.1 Å². The van der Waals surface area contributed by atoms with Gasteiger partial charge < -0.3 is 9.31 Å². The molecule has 3 heteroatoms. The molecule has 1 unspecified atom stereocenters. The number of hydrogen-bond acceptors (Lipinski definition) is 2. The Hall–Kier alpha value is -0.0151. The van der Waals surface area contributed by atoms with Gasteiger partial charge in [-0.25, -0.2) is 0 Å². The van der Waals surface area contributed by atoms with Crippen molar-refractivity contribution in [2.75, 3.05) is 13.2 Å². The van der Waals surface area contributed by atoms with Gasteiger partial charge in [-0.2, -0.15) is 0 Å². The van der Waals surface area contributed by atoms with Crippen LogP contribution in [0.5, 0.6) is 0 Å². The van der Waals surface area contributed by atoms with E-state index in [1.165, 1.54) is 19.3 Å². The molecule has 70 valence electrons. The first-order valence-electron chi connectivity index (χ1n) is 5.11. The van der Waals surface area contributed by atoms with Crippen LogP contribution in [-0.4, -0.2) is 20.3 Å². The second-order valence-electron chi connectivity index (χ2n) is 3.42. The molecule has 0 radical (unpaired) electrons. The fraction of sp³-hybridized carbons (Fsp3) is 1.00. The summed E-state index contributed by atoms with van der Waals surface area (Å²) in [5, 5.41) is 0. The highest BCUT2D eigenvalue weighted by Crippen LogP contribution is 2.24. The third-order valence-corrected chi connectivity index (χ3v) is 2.42. The predicted octanol–water partition coefficient (Wildman–Crippen LogP) is 2.49. The molecule has 1 heterocycles. The Morgan fingerprint density at radius 2 is 1.92 bits per heavy atom. The van der Waals surface area contributed by atoms with E-state index in [0.717, 1.165) is 19.6 Å². The van der Waals surface area contributed by atoms with Crippen molar-refractivity contribution in [1.29, 1.82) is 0 Å². The minimum Gasteiger partial charge on any atom is -0.411 e. The predicted molar refractivity (Wildman–Crippen MR) is 51.2 cm³/mol. The molecule has 1 aliphatic heterocycles. The summed E-state index contributed by atoms with van der Waals surface area (Å²) in [6.07, 6.45) is 4.67. The van der Waals surface area contributed by atoms with Crippen molar-refractivity contribution in [2.24, 2.45) is 0 Å². The van der Waals surface area contributed by atoms with Crippen molar-refractivity contribution < 1.29 is 9.31 Å². The Labute approximate surface area is 75.8 Å². The maximum Gasteiger partial charge on any atom is 0.460 e. The Morgan fingerprint density at radius 3 is 2.42 bits per heavy atom. The number of rotatable bonds is 4. The highest BCUT2D eigenvalue weighted by molar-refractivity contribution is 6.46. The van der Waals surface area contributed by atoms with Crippen LogP contribution < -0.4 is 0 Å². The molecule has 1 rings (SSSR count). The minimum atomic E-state index is 0.0868. The molecule has 0 N–H and O–H groups in total. The highest BCUT2D eigenvalue weighted by Gasteiger charge is 2.29. The fourth-order valence-electron chi connectivity index (χ4n) is 1.68. The van der Waals surface area contributed by atoms with Gasteiger partial charge >= 0.3 is 7.12 Å². The van der Waals surface area contributed by atoms with Gasteiger partial charge in [-0.3, -0.25) is 0 Å². The standard InChI is InChI=1S/C9H19BO2/c1-3-6-9(4-2)10-11-7-5-8-12-10/h9H,3-8H2,1-2H3. The van der Waals surface area contributed by atoms with E-state index in [-0.39, 0.29) is 7.12 Å². The molecule has 0 aromatic heterocycles. The van der Waals surface area contributed by atoms with Gasteiger partial charge in [-0.05, 0) is 12.2 Å². The van der Waals surface area contributed by atoms with Crippen molar-refractivity contribution in [1.82, 2.24) is 0 Å². The Bertz CT molecular complexity index is 110. The maximum absolute atomic E-state index is 5.56. The van der Waals surface area contributed by atoms with Crippen LogP contribution in [0.4, 0.5) is 0 Å². The van der Waals surface area contributed by atoms with Gasteiger partial charge in [0.05, 0.1) is 0 Å². The summed E-state index contributed by atoms with van der Waals surface area (Å²) in [6.45, 7) is 6.18. The molecule has 0 bridgehead atoms. The Morgan fingerprint density at radius 1 is 1.25 bits per heavy atom. The summed E-state index contributed by atoms with van der Waals surface area (Å²) in [5.41, 5.74) is 0. The zero-order valence-corrected chi connectivity index (χ0v) is 8.21. The maximum atomic E-state index is 5.56. The molecule has 0 saturated carbocycles. The molecule has 1 atom stereocenters. The third-order valence-electron chi connectivity index (χ3n) is 2.42. The van der Waals surface area contributed by atoms with E-state index in [1.807, 2.05) is 0 Å². The van der Waals surface area contributed by atoms with Crippen LogP contribution in [0.3, 0.4) is 0 Å². The van der Waals surface area contributed by atoms with Gasteiger partial charge in [0, 0.05) is 13.2 Å². The SMILES string of the molecule is CCCC(CC)B1OCCCO1. The quantitative estimate of drug-likeness (QED) is 0.603. The van der Waals surface area contributed by atoms with Crippen molar-refractivity contribution >= 4 is 7.12 Å². The normalized spacial score (nSPS) is 21.0. The van der Waals surface area contributed by atoms with E-state index in [9.17, 15) is 0 Å². The minimum absolute atomic E-state index is 0.0868. The van der Waals surface area contributed by atoms with Crippen LogP contribution in [0.25, 0.3) is 0 Å². The second-order valence-corrected chi connectivity index (χ2v) is 3.42. The molecule has 1 aliphatic rings. The summed E-state index contributed by atoms with van der Waals surface area (Å²) in [4.78, 5) is 0. The van der Waals surface area contributed by atoms with E-state index >= 15 is 0 Å². The molecule has 0 spiro atoms. The van der Waals surface area contributed by atoms with Gasteiger partial charge in [0.15, 0.2) is 0 Å². The fourth-order valence-corrected chi connectivity index (χ4v) is 1.68. The van der Waals surface area contributed by atoms with Crippen molar-refractivity contribution in [3.05, 3.63) is 0 Å². The first kappa shape index (κ1) is 10.1. The lowest BCUT2D eigenvalue weighted by molar-refractivity contribution is 0.125. The highest BCUT2D eigenvalue weighted by atomic mass is 16.6. The summed E-state index contributed by atoms with van der Waals surface area (Å²) in [7, 11) is 0.0868. The van der Waals surface area contributed by atoms with Crippen LogP contribution in [0.2, 0.25) is 5.82 Å². The zero-order chi connectivity index (χ0) is 8.81. The van der Waals surface area contributed by atoms with Gasteiger partial charge in [0.25, 0.3) is 0 Å². The van der Waals surface area contributed by atoms with Gasteiger partial charge in [0.1, 0.15) is 0 Å². The topological polar surface area (TPSA) is 18.5 Å². The monoisotopic (exact) mass is 170 g/mol. The smallest absolute Gasteiger partial charge is 0.411 e. The first-order chi connectivity index (χ1) is 5.88. The van der Waals surface area contributed by atoms with Crippen LogP contribution >= 0.6 is 0 Å². The van der Waals surface area contributed by atoms with E-state index < -0.39 is 0 Å². The van der Waals surface area contributed by atoms with Crippen LogP contribution in [-0.2, 0) is 9.31 Å².